The van der Waals surface area contributed by atoms with Crippen molar-refractivity contribution in [1.29, 1.82) is 0 Å². The molecule has 2 unspecified atom stereocenters. The van der Waals surface area contributed by atoms with Gasteiger partial charge in [-0.25, -0.2) is 0 Å². The van der Waals surface area contributed by atoms with E-state index in [1.807, 2.05) is 11.8 Å². The summed E-state index contributed by atoms with van der Waals surface area (Å²) in [5.41, 5.74) is 0. The molecule has 2 heteroatoms. The Morgan fingerprint density at radius 3 is 2.71 bits per heavy atom. The van der Waals surface area contributed by atoms with Gasteiger partial charge in [-0.1, -0.05) is 39.0 Å². The third-order valence-corrected chi connectivity index (χ3v) is 4.50. The predicted octanol–water partition coefficient (Wildman–Crippen LogP) is 3.60. The summed E-state index contributed by atoms with van der Waals surface area (Å²) in [7, 11) is 0. The Hall–Kier alpha value is 0.310. The first-order valence-corrected chi connectivity index (χ1v) is 7.19. The molecule has 1 nitrogen and oxygen atoms in total. The highest BCUT2D eigenvalue weighted by Crippen LogP contribution is 2.30. The Morgan fingerprint density at radius 2 is 2.07 bits per heavy atom. The van der Waals surface area contributed by atoms with Crippen LogP contribution in [0.2, 0.25) is 0 Å². The van der Waals surface area contributed by atoms with E-state index in [4.69, 9.17) is 0 Å². The monoisotopic (exact) mass is 216 g/mol. The molecule has 0 radical (unpaired) electrons. The van der Waals surface area contributed by atoms with Gasteiger partial charge in [0.05, 0.1) is 6.10 Å². The maximum absolute atomic E-state index is 9.88. The van der Waals surface area contributed by atoms with Crippen LogP contribution in [0.25, 0.3) is 0 Å². The van der Waals surface area contributed by atoms with E-state index in [-0.39, 0.29) is 6.10 Å². The van der Waals surface area contributed by atoms with Crippen LogP contribution in [0.1, 0.15) is 58.3 Å². The van der Waals surface area contributed by atoms with E-state index in [0.29, 0.717) is 5.25 Å². The lowest BCUT2D eigenvalue weighted by Gasteiger charge is -2.16. The summed E-state index contributed by atoms with van der Waals surface area (Å²) in [5, 5.41) is 10.4. The molecule has 14 heavy (non-hydrogen) atoms. The summed E-state index contributed by atoms with van der Waals surface area (Å²) in [6.45, 7) is 2.24. The zero-order chi connectivity index (χ0) is 10.2. The minimum atomic E-state index is -0.0240. The van der Waals surface area contributed by atoms with E-state index >= 15 is 0 Å². The molecule has 0 saturated carbocycles. The molecule has 0 bridgehead atoms. The molecule has 0 spiro atoms. The molecule has 0 amide bonds. The number of rotatable bonds is 7. The summed E-state index contributed by atoms with van der Waals surface area (Å²) in [6.07, 6.45) is 10.1. The fourth-order valence-corrected chi connectivity index (χ4v) is 3.38. The van der Waals surface area contributed by atoms with Crippen molar-refractivity contribution >= 4 is 11.8 Å². The summed E-state index contributed by atoms with van der Waals surface area (Å²) in [5.74, 6) is 1.26. The second kappa shape index (κ2) is 7.58. The van der Waals surface area contributed by atoms with Gasteiger partial charge in [0.1, 0.15) is 0 Å². The van der Waals surface area contributed by atoms with Crippen molar-refractivity contribution in [3.8, 4) is 0 Å². The number of aliphatic hydroxyl groups excluding tert-OH is 1. The maximum Gasteiger partial charge on any atom is 0.0658 e. The van der Waals surface area contributed by atoms with Crippen LogP contribution in [0, 0.1) is 0 Å². The molecule has 1 fully saturated rings. The van der Waals surface area contributed by atoms with E-state index in [2.05, 4.69) is 6.92 Å². The first-order chi connectivity index (χ1) is 6.84. The van der Waals surface area contributed by atoms with E-state index in [1.165, 1.54) is 50.7 Å². The average molecular weight is 216 g/mol. The largest absolute Gasteiger partial charge is 0.392 e. The van der Waals surface area contributed by atoms with Crippen molar-refractivity contribution in [2.24, 2.45) is 0 Å². The zero-order valence-corrected chi connectivity index (χ0v) is 10.2. The van der Waals surface area contributed by atoms with Gasteiger partial charge in [0, 0.05) is 5.25 Å². The quantitative estimate of drug-likeness (QED) is 0.656. The van der Waals surface area contributed by atoms with Crippen molar-refractivity contribution in [3.63, 3.8) is 0 Å². The Labute approximate surface area is 92.7 Å². The third kappa shape index (κ3) is 4.70. The highest BCUT2D eigenvalue weighted by atomic mass is 32.2. The Bertz CT molecular complexity index is 132. The molecule has 0 aromatic heterocycles. The van der Waals surface area contributed by atoms with Crippen LogP contribution in [-0.2, 0) is 0 Å². The molecule has 0 aromatic carbocycles. The SMILES string of the molecule is CCCCCCCC(O)C1CCCS1. The van der Waals surface area contributed by atoms with Crippen molar-refractivity contribution in [2.75, 3.05) is 5.75 Å². The second-order valence-corrected chi connectivity index (χ2v) is 5.67. The number of hydrogen-bond acceptors (Lipinski definition) is 2. The van der Waals surface area contributed by atoms with E-state index in [9.17, 15) is 5.11 Å². The molecule has 2 atom stereocenters. The molecule has 1 aliphatic rings. The van der Waals surface area contributed by atoms with Crippen LogP contribution in [0.15, 0.2) is 0 Å². The lowest BCUT2D eigenvalue weighted by Crippen LogP contribution is -2.20. The lowest BCUT2D eigenvalue weighted by atomic mass is 10.0. The number of unbranched alkanes of at least 4 members (excludes halogenated alkanes) is 4. The van der Waals surface area contributed by atoms with Gasteiger partial charge in [-0.3, -0.25) is 0 Å². The molecule has 1 rings (SSSR count). The number of aliphatic hydroxyl groups is 1. The lowest BCUT2D eigenvalue weighted by molar-refractivity contribution is 0.156. The highest BCUT2D eigenvalue weighted by molar-refractivity contribution is 8.00. The second-order valence-electron chi connectivity index (χ2n) is 4.32. The van der Waals surface area contributed by atoms with Gasteiger partial charge in [0.25, 0.3) is 0 Å². The first kappa shape index (κ1) is 12.4. The molecular weight excluding hydrogens is 192 g/mol. The fraction of sp³-hybridized carbons (Fsp3) is 1.00. The molecule has 1 saturated heterocycles. The summed E-state index contributed by atoms with van der Waals surface area (Å²) in [4.78, 5) is 0. The molecule has 1 heterocycles. The van der Waals surface area contributed by atoms with Crippen LogP contribution < -0.4 is 0 Å². The smallest absolute Gasteiger partial charge is 0.0658 e. The van der Waals surface area contributed by atoms with Gasteiger partial charge in [-0.2, -0.15) is 11.8 Å². The van der Waals surface area contributed by atoms with Gasteiger partial charge in [-0.05, 0) is 25.0 Å². The van der Waals surface area contributed by atoms with Crippen molar-refractivity contribution in [2.45, 2.75) is 69.6 Å². The third-order valence-electron chi connectivity index (χ3n) is 3.00. The van der Waals surface area contributed by atoms with Crippen molar-refractivity contribution in [3.05, 3.63) is 0 Å². The Balaban J connectivity index is 1.94. The van der Waals surface area contributed by atoms with E-state index < -0.39 is 0 Å². The van der Waals surface area contributed by atoms with Gasteiger partial charge >= 0.3 is 0 Å². The minimum absolute atomic E-state index is 0.0240. The minimum Gasteiger partial charge on any atom is -0.392 e. The number of thioether (sulfide) groups is 1. The van der Waals surface area contributed by atoms with Crippen molar-refractivity contribution < 1.29 is 5.11 Å². The molecule has 0 aromatic rings. The number of hydrogen-bond donors (Lipinski definition) is 1. The van der Waals surface area contributed by atoms with Crippen LogP contribution in [0.4, 0.5) is 0 Å². The molecule has 1 aliphatic heterocycles. The van der Waals surface area contributed by atoms with Gasteiger partial charge in [0.2, 0.25) is 0 Å². The normalized spacial score (nSPS) is 24.0. The van der Waals surface area contributed by atoms with Crippen LogP contribution in [0.5, 0.6) is 0 Å². The fourth-order valence-electron chi connectivity index (χ4n) is 2.05. The van der Waals surface area contributed by atoms with Crippen molar-refractivity contribution in [1.82, 2.24) is 0 Å². The summed E-state index contributed by atoms with van der Waals surface area (Å²) >= 11 is 1.97. The zero-order valence-electron chi connectivity index (χ0n) is 9.37. The van der Waals surface area contributed by atoms with Crippen LogP contribution >= 0.6 is 11.8 Å². The summed E-state index contributed by atoms with van der Waals surface area (Å²) in [6, 6.07) is 0. The van der Waals surface area contributed by atoms with Crippen LogP contribution in [-0.4, -0.2) is 22.2 Å². The highest BCUT2D eigenvalue weighted by Gasteiger charge is 2.22. The molecular formula is C12H24OS. The summed E-state index contributed by atoms with van der Waals surface area (Å²) < 4.78 is 0. The van der Waals surface area contributed by atoms with E-state index in [1.54, 1.807) is 0 Å². The standard InChI is InChI=1S/C12H24OS/c1-2-3-4-5-6-8-11(13)12-9-7-10-14-12/h11-13H,2-10H2,1H3. The predicted molar refractivity (Wildman–Crippen MR) is 64.9 cm³/mol. The van der Waals surface area contributed by atoms with E-state index in [0.717, 1.165) is 6.42 Å². The van der Waals surface area contributed by atoms with Crippen LogP contribution in [0.3, 0.4) is 0 Å². The molecule has 0 aliphatic carbocycles. The van der Waals surface area contributed by atoms with Gasteiger partial charge in [0.15, 0.2) is 0 Å². The van der Waals surface area contributed by atoms with Gasteiger partial charge in [-0.15, -0.1) is 0 Å². The Morgan fingerprint density at radius 1 is 1.29 bits per heavy atom. The average Bonchev–Trinajstić information content (AvgIpc) is 2.70. The topological polar surface area (TPSA) is 20.2 Å². The first-order valence-electron chi connectivity index (χ1n) is 6.14. The molecule has 84 valence electrons. The Kier molecular flexibility index (Phi) is 6.70. The van der Waals surface area contributed by atoms with Gasteiger partial charge < -0.3 is 5.11 Å². The molecule has 1 N–H and O–H groups in total. The maximum atomic E-state index is 9.88.